The van der Waals surface area contributed by atoms with Crippen molar-refractivity contribution in [2.75, 3.05) is 0 Å². The highest BCUT2D eigenvalue weighted by molar-refractivity contribution is 5.99. The summed E-state index contributed by atoms with van der Waals surface area (Å²) in [5.74, 6) is -3.47. The normalized spacial score (nSPS) is 34.2. The van der Waals surface area contributed by atoms with Crippen LogP contribution >= 0.6 is 0 Å². The van der Waals surface area contributed by atoms with E-state index in [1.54, 1.807) is 12.2 Å². The van der Waals surface area contributed by atoms with Crippen LogP contribution in [0.4, 0.5) is 0 Å². The molecule has 2 saturated heterocycles. The molecule has 5 rings (SSSR count). The van der Waals surface area contributed by atoms with E-state index in [0.29, 0.717) is 0 Å². The van der Waals surface area contributed by atoms with Gasteiger partial charge in [-0.05, 0) is 25.3 Å². The summed E-state index contributed by atoms with van der Waals surface area (Å²) in [7, 11) is 0. The minimum absolute atomic E-state index is 0.0888. The Bertz CT molecular complexity index is 936. The zero-order valence-electron chi connectivity index (χ0n) is 17.6. The van der Waals surface area contributed by atoms with Gasteiger partial charge in [-0.15, -0.1) is 0 Å². The molecule has 7 nitrogen and oxygen atoms in total. The fourth-order valence-electron chi connectivity index (χ4n) is 5.84. The summed E-state index contributed by atoms with van der Waals surface area (Å²) in [5.41, 5.74) is 0.791. The van der Waals surface area contributed by atoms with Gasteiger partial charge in [0.25, 0.3) is 0 Å². The Labute approximate surface area is 181 Å². The van der Waals surface area contributed by atoms with Gasteiger partial charge in [-0.2, -0.15) is 0 Å². The number of aliphatic carboxylic acids is 1. The molecule has 2 bridgehead atoms. The molecule has 1 aromatic rings. The zero-order chi connectivity index (χ0) is 21.8. The lowest BCUT2D eigenvalue weighted by molar-refractivity contribution is -0.149. The standard InChI is InChI=1S/C24H28N2O5/c1-14-7-9-15(10-8-14)13-26-20(21(27)25-16-5-3-2-4-6-16)24-12-11-17(31-24)18(23(29)30)19(24)22(26)28/h7-12,16-20H,2-6,13H2,1H3,(H,25,27)(H,29,30). The topological polar surface area (TPSA) is 95.9 Å². The highest BCUT2D eigenvalue weighted by atomic mass is 16.5. The van der Waals surface area contributed by atoms with Crippen LogP contribution in [0.5, 0.6) is 0 Å². The second kappa shape index (κ2) is 7.48. The largest absolute Gasteiger partial charge is 0.481 e. The van der Waals surface area contributed by atoms with Crippen LogP contribution in [0.2, 0.25) is 0 Å². The number of rotatable bonds is 5. The number of carbonyl (C=O) groups is 3. The van der Waals surface area contributed by atoms with E-state index in [2.05, 4.69) is 5.32 Å². The number of hydrogen-bond donors (Lipinski definition) is 2. The maximum Gasteiger partial charge on any atom is 0.310 e. The first-order valence-electron chi connectivity index (χ1n) is 11.2. The number of fused-ring (bicyclic) bond motifs is 1. The number of carboxylic acids is 1. The van der Waals surface area contributed by atoms with Gasteiger partial charge in [0.2, 0.25) is 11.8 Å². The number of hydrogen-bond acceptors (Lipinski definition) is 4. The average Bonchev–Trinajstić information content (AvgIpc) is 3.38. The molecule has 5 atom stereocenters. The Morgan fingerprint density at radius 3 is 2.58 bits per heavy atom. The van der Waals surface area contributed by atoms with E-state index >= 15 is 0 Å². The van der Waals surface area contributed by atoms with Crippen LogP contribution in [0.15, 0.2) is 36.4 Å². The van der Waals surface area contributed by atoms with Gasteiger partial charge >= 0.3 is 5.97 Å². The van der Waals surface area contributed by atoms with Crippen molar-refractivity contribution in [1.82, 2.24) is 10.2 Å². The van der Waals surface area contributed by atoms with Crippen LogP contribution in [0, 0.1) is 18.8 Å². The molecule has 1 spiro atoms. The molecule has 3 heterocycles. The number of carboxylic acid groups (broad SMARTS) is 1. The van der Waals surface area contributed by atoms with Gasteiger partial charge in [-0.1, -0.05) is 61.2 Å². The highest BCUT2D eigenvalue weighted by Gasteiger charge is 2.73. The molecule has 0 radical (unpaired) electrons. The second-order valence-electron chi connectivity index (χ2n) is 9.33. The predicted octanol–water partition coefficient (Wildman–Crippen LogP) is 2.18. The molecule has 1 aromatic carbocycles. The smallest absolute Gasteiger partial charge is 0.310 e. The lowest BCUT2D eigenvalue weighted by Crippen LogP contribution is -2.56. The fraction of sp³-hybridized carbons (Fsp3) is 0.542. The maximum atomic E-state index is 13.5. The number of likely N-dealkylation sites (tertiary alicyclic amines) is 1. The Morgan fingerprint density at radius 2 is 1.90 bits per heavy atom. The van der Waals surface area contributed by atoms with Gasteiger partial charge in [0.1, 0.15) is 17.6 Å². The van der Waals surface area contributed by atoms with Gasteiger partial charge in [-0.25, -0.2) is 0 Å². The number of ether oxygens (including phenoxy) is 1. The molecule has 3 fully saturated rings. The average molecular weight is 424 g/mol. The van der Waals surface area contributed by atoms with E-state index in [1.807, 2.05) is 31.2 Å². The molecular weight excluding hydrogens is 396 g/mol. The van der Waals surface area contributed by atoms with E-state index in [-0.39, 0.29) is 24.4 Å². The van der Waals surface area contributed by atoms with Gasteiger partial charge in [-0.3, -0.25) is 14.4 Å². The van der Waals surface area contributed by atoms with Crippen molar-refractivity contribution in [1.29, 1.82) is 0 Å². The molecule has 0 aromatic heterocycles. The third kappa shape index (κ3) is 3.17. The number of benzene rings is 1. The summed E-state index contributed by atoms with van der Waals surface area (Å²) in [4.78, 5) is 40.6. The molecule has 1 aliphatic carbocycles. The lowest BCUT2D eigenvalue weighted by Gasteiger charge is -2.34. The van der Waals surface area contributed by atoms with Crippen molar-refractivity contribution in [3.63, 3.8) is 0 Å². The summed E-state index contributed by atoms with van der Waals surface area (Å²) in [6, 6.07) is 7.02. The van der Waals surface area contributed by atoms with Crippen molar-refractivity contribution >= 4 is 17.8 Å². The van der Waals surface area contributed by atoms with Gasteiger partial charge in [0, 0.05) is 12.6 Å². The SMILES string of the molecule is Cc1ccc(CN2C(=O)C3C(C(=O)O)C4C=CC3(O4)C2C(=O)NC2CCCCC2)cc1. The molecule has 7 heteroatoms. The molecule has 2 N–H and O–H groups in total. The molecule has 1 saturated carbocycles. The highest BCUT2D eigenvalue weighted by Crippen LogP contribution is 2.55. The molecule has 3 aliphatic heterocycles. The quantitative estimate of drug-likeness (QED) is 0.707. The molecular formula is C24H28N2O5. The third-order valence-corrected chi connectivity index (χ3v) is 7.33. The van der Waals surface area contributed by atoms with Crippen molar-refractivity contribution in [2.24, 2.45) is 11.8 Å². The summed E-state index contributed by atoms with van der Waals surface area (Å²) < 4.78 is 6.12. The number of nitrogens with zero attached hydrogens (tertiary/aromatic N) is 1. The summed E-state index contributed by atoms with van der Waals surface area (Å²) in [5, 5.41) is 13.0. The first kappa shape index (κ1) is 20.2. The van der Waals surface area contributed by atoms with E-state index in [4.69, 9.17) is 4.74 Å². The van der Waals surface area contributed by atoms with Crippen molar-refractivity contribution < 1.29 is 24.2 Å². The van der Waals surface area contributed by atoms with E-state index < -0.39 is 35.6 Å². The number of carbonyl (C=O) groups excluding carboxylic acids is 2. The van der Waals surface area contributed by atoms with E-state index in [1.165, 1.54) is 11.3 Å². The van der Waals surface area contributed by atoms with Crippen LogP contribution in [-0.2, 0) is 25.7 Å². The predicted molar refractivity (Wildman–Crippen MR) is 112 cm³/mol. The summed E-state index contributed by atoms with van der Waals surface area (Å²) in [6.45, 7) is 2.23. The molecule has 31 heavy (non-hydrogen) atoms. The molecule has 164 valence electrons. The molecule has 2 amide bonds. The van der Waals surface area contributed by atoms with Crippen LogP contribution in [0.3, 0.4) is 0 Å². The van der Waals surface area contributed by atoms with Crippen molar-refractivity contribution in [3.05, 3.63) is 47.5 Å². The van der Waals surface area contributed by atoms with Gasteiger partial charge < -0.3 is 20.1 Å². The molecule has 4 aliphatic rings. The zero-order valence-corrected chi connectivity index (χ0v) is 17.6. The number of amides is 2. The number of aryl methyl sites for hydroxylation is 1. The van der Waals surface area contributed by atoms with Gasteiger partial charge in [0.15, 0.2) is 0 Å². The van der Waals surface area contributed by atoms with Gasteiger partial charge in [0.05, 0.1) is 12.0 Å². The Kier molecular flexibility index (Phi) is 4.88. The first-order chi connectivity index (χ1) is 14.9. The first-order valence-corrected chi connectivity index (χ1v) is 11.2. The molecule has 5 unspecified atom stereocenters. The maximum absolute atomic E-state index is 13.5. The fourth-order valence-corrected chi connectivity index (χ4v) is 5.84. The third-order valence-electron chi connectivity index (χ3n) is 7.33. The van der Waals surface area contributed by atoms with E-state index in [0.717, 1.165) is 36.8 Å². The monoisotopic (exact) mass is 424 g/mol. The number of nitrogens with one attached hydrogen (secondary N) is 1. The van der Waals surface area contributed by atoms with Crippen LogP contribution in [-0.4, -0.2) is 51.6 Å². The van der Waals surface area contributed by atoms with Crippen LogP contribution in [0.1, 0.15) is 43.2 Å². The van der Waals surface area contributed by atoms with Crippen molar-refractivity contribution in [3.8, 4) is 0 Å². The Balaban J connectivity index is 1.49. The minimum Gasteiger partial charge on any atom is -0.481 e. The van der Waals surface area contributed by atoms with E-state index in [9.17, 15) is 19.5 Å². The Morgan fingerprint density at radius 1 is 1.19 bits per heavy atom. The lowest BCUT2D eigenvalue weighted by atomic mass is 9.74. The van der Waals surface area contributed by atoms with Crippen LogP contribution < -0.4 is 5.32 Å². The Hall–Kier alpha value is -2.67. The summed E-state index contributed by atoms with van der Waals surface area (Å²) >= 11 is 0. The van der Waals surface area contributed by atoms with Crippen LogP contribution in [0.25, 0.3) is 0 Å². The van der Waals surface area contributed by atoms with Crippen molar-refractivity contribution in [2.45, 2.75) is 69.4 Å². The minimum atomic E-state index is -1.21. The summed E-state index contributed by atoms with van der Waals surface area (Å²) in [6.07, 6.45) is 7.99. The second-order valence-corrected chi connectivity index (χ2v) is 9.33.